The van der Waals surface area contributed by atoms with Crippen molar-refractivity contribution in [2.75, 3.05) is 13.1 Å². The molecule has 1 aliphatic heterocycles. The van der Waals surface area contributed by atoms with Crippen molar-refractivity contribution in [1.82, 2.24) is 9.62 Å². The lowest BCUT2D eigenvalue weighted by molar-refractivity contribution is -0.126. The fourth-order valence-corrected chi connectivity index (χ4v) is 6.17. The first-order valence-corrected chi connectivity index (χ1v) is 12.7. The lowest BCUT2D eigenvalue weighted by Crippen LogP contribution is -2.46. The van der Waals surface area contributed by atoms with Gasteiger partial charge in [-0.15, -0.1) is 0 Å². The van der Waals surface area contributed by atoms with Crippen LogP contribution in [0.4, 0.5) is 0 Å². The third-order valence-corrected chi connectivity index (χ3v) is 8.14. The van der Waals surface area contributed by atoms with E-state index in [1.165, 1.54) is 10.4 Å². The van der Waals surface area contributed by atoms with Gasteiger partial charge in [-0.1, -0.05) is 53.0 Å². The zero-order chi connectivity index (χ0) is 22.8. The van der Waals surface area contributed by atoms with Gasteiger partial charge < -0.3 is 5.32 Å². The van der Waals surface area contributed by atoms with Crippen molar-refractivity contribution in [3.05, 3.63) is 68.7 Å². The zero-order valence-corrected chi connectivity index (χ0v) is 20.3. The molecular weight excluding hydrogens is 455 g/mol. The summed E-state index contributed by atoms with van der Waals surface area (Å²) in [5.74, 6) is -0.703. The van der Waals surface area contributed by atoms with Gasteiger partial charge in [0.05, 0.1) is 17.7 Å². The van der Waals surface area contributed by atoms with Gasteiger partial charge in [0, 0.05) is 23.1 Å². The molecule has 1 N–H and O–H groups in total. The van der Waals surface area contributed by atoms with Crippen LogP contribution in [0.3, 0.4) is 0 Å². The quantitative estimate of drug-likeness (QED) is 0.627. The standard InChI is InChI=1S/C23H28Cl2N2O3S/c1-15-6-7-16(2)21(11-15)17(3)26-23(28)18-5-4-10-27(13-18)31(29,30)14-19-8-9-20(24)12-22(19)25/h6-9,11-12,17-18H,4-5,10,13-14H2,1-3H3,(H,26,28). The number of sulfonamides is 1. The van der Waals surface area contributed by atoms with E-state index in [1.54, 1.807) is 12.1 Å². The van der Waals surface area contributed by atoms with Gasteiger partial charge in [-0.25, -0.2) is 12.7 Å². The van der Waals surface area contributed by atoms with Gasteiger partial charge in [-0.2, -0.15) is 0 Å². The molecule has 8 heteroatoms. The highest BCUT2D eigenvalue weighted by molar-refractivity contribution is 7.88. The number of aryl methyl sites for hydroxylation is 2. The van der Waals surface area contributed by atoms with Crippen LogP contribution in [0, 0.1) is 19.8 Å². The number of carbonyl (C=O) groups is 1. The first-order valence-electron chi connectivity index (χ1n) is 10.4. The normalized spacial score (nSPS) is 18.5. The Kier molecular flexibility index (Phi) is 7.68. The molecule has 1 heterocycles. The van der Waals surface area contributed by atoms with E-state index >= 15 is 0 Å². The van der Waals surface area contributed by atoms with Crippen LogP contribution >= 0.6 is 23.2 Å². The average molecular weight is 483 g/mol. The van der Waals surface area contributed by atoms with Crippen LogP contribution in [-0.2, 0) is 20.6 Å². The summed E-state index contributed by atoms with van der Waals surface area (Å²) in [6.45, 7) is 6.59. The monoisotopic (exact) mass is 482 g/mol. The molecule has 3 rings (SSSR count). The van der Waals surface area contributed by atoms with Crippen molar-refractivity contribution in [2.45, 2.75) is 45.4 Å². The Hall–Kier alpha value is -1.60. The van der Waals surface area contributed by atoms with Gasteiger partial charge in [-0.05, 0) is 62.4 Å². The molecule has 0 spiro atoms. The summed E-state index contributed by atoms with van der Waals surface area (Å²) in [5.41, 5.74) is 3.83. The van der Waals surface area contributed by atoms with E-state index in [-0.39, 0.29) is 30.2 Å². The van der Waals surface area contributed by atoms with Crippen LogP contribution in [0.2, 0.25) is 10.0 Å². The summed E-state index contributed by atoms with van der Waals surface area (Å²) in [7, 11) is -3.61. The van der Waals surface area contributed by atoms with Crippen LogP contribution in [0.15, 0.2) is 36.4 Å². The number of piperidine rings is 1. The number of rotatable bonds is 6. The molecular formula is C23H28Cl2N2O3S. The van der Waals surface area contributed by atoms with E-state index in [9.17, 15) is 13.2 Å². The maximum Gasteiger partial charge on any atom is 0.224 e. The second kappa shape index (κ2) is 9.90. The number of nitrogens with one attached hydrogen (secondary N) is 1. The minimum atomic E-state index is -3.61. The molecule has 31 heavy (non-hydrogen) atoms. The summed E-state index contributed by atoms with van der Waals surface area (Å²) < 4.78 is 27.4. The second-order valence-corrected chi connectivity index (χ2v) is 11.1. The van der Waals surface area contributed by atoms with Crippen molar-refractivity contribution >= 4 is 39.1 Å². The number of carbonyl (C=O) groups excluding carboxylic acids is 1. The van der Waals surface area contributed by atoms with Gasteiger partial charge in [0.25, 0.3) is 0 Å². The molecule has 2 atom stereocenters. The molecule has 5 nitrogen and oxygen atoms in total. The lowest BCUT2D eigenvalue weighted by Gasteiger charge is -2.32. The molecule has 2 unspecified atom stereocenters. The Balaban J connectivity index is 1.67. The number of hydrogen-bond acceptors (Lipinski definition) is 3. The van der Waals surface area contributed by atoms with Gasteiger partial charge in [0.2, 0.25) is 15.9 Å². The van der Waals surface area contributed by atoms with E-state index in [4.69, 9.17) is 23.2 Å². The Bertz CT molecular complexity index is 1070. The molecule has 1 saturated heterocycles. The minimum absolute atomic E-state index is 0.113. The van der Waals surface area contributed by atoms with E-state index in [1.807, 2.05) is 32.9 Å². The van der Waals surface area contributed by atoms with Crippen molar-refractivity contribution < 1.29 is 13.2 Å². The van der Waals surface area contributed by atoms with Crippen LogP contribution < -0.4 is 5.32 Å². The summed E-state index contributed by atoms with van der Waals surface area (Å²) >= 11 is 12.1. The van der Waals surface area contributed by atoms with Crippen molar-refractivity contribution in [3.8, 4) is 0 Å². The Morgan fingerprint density at radius 2 is 1.94 bits per heavy atom. The number of amides is 1. The average Bonchev–Trinajstić information content (AvgIpc) is 2.72. The number of nitrogens with zero attached hydrogens (tertiary/aromatic N) is 1. The molecule has 1 fully saturated rings. The predicted octanol–water partition coefficient (Wildman–Crippen LogP) is 5.03. The van der Waals surface area contributed by atoms with Gasteiger partial charge in [0.15, 0.2) is 0 Å². The van der Waals surface area contributed by atoms with Gasteiger partial charge in [0.1, 0.15) is 0 Å². The smallest absolute Gasteiger partial charge is 0.224 e. The SMILES string of the molecule is Cc1ccc(C)c(C(C)NC(=O)C2CCCN(S(=O)(=O)Cc3ccc(Cl)cc3Cl)C2)c1. The Morgan fingerprint density at radius 3 is 2.65 bits per heavy atom. The summed E-state index contributed by atoms with van der Waals surface area (Å²) in [5, 5.41) is 3.86. The highest BCUT2D eigenvalue weighted by Crippen LogP contribution is 2.27. The molecule has 0 aromatic heterocycles. The largest absolute Gasteiger partial charge is 0.349 e. The van der Waals surface area contributed by atoms with Gasteiger partial charge in [-0.3, -0.25) is 4.79 Å². The summed E-state index contributed by atoms with van der Waals surface area (Å²) in [6.07, 6.45) is 1.31. The molecule has 0 aliphatic carbocycles. The van der Waals surface area contributed by atoms with E-state index in [0.717, 1.165) is 16.7 Å². The molecule has 1 aliphatic rings. The molecule has 2 aromatic rings. The first kappa shape index (κ1) is 24.1. The van der Waals surface area contributed by atoms with Crippen LogP contribution in [-0.4, -0.2) is 31.7 Å². The first-order chi connectivity index (χ1) is 14.6. The zero-order valence-electron chi connectivity index (χ0n) is 18.0. The predicted molar refractivity (Wildman–Crippen MR) is 126 cm³/mol. The topological polar surface area (TPSA) is 66.5 Å². The van der Waals surface area contributed by atoms with E-state index in [0.29, 0.717) is 35.0 Å². The maximum atomic E-state index is 13.0. The maximum absolute atomic E-state index is 13.0. The minimum Gasteiger partial charge on any atom is -0.349 e. The van der Waals surface area contributed by atoms with Crippen LogP contribution in [0.1, 0.15) is 48.1 Å². The molecule has 168 valence electrons. The van der Waals surface area contributed by atoms with Crippen molar-refractivity contribution in [1.29, 1.82) is 0 Å². The van der Waals surface area contributed by atoms with Crippen molar-refractivity contribution in [2.24, 2.45) is 5.92 Å². The lowest BCUT2D eigenvalue weighted by atomic mass is 9.96. The van der Waals surface area contributed by atoms with Crippen LogP contribution in [0.5, 0.6) is 0 Å². The number of hydrogen-bond donors (Lipinski definition) is 1. The van der Waals surface area contributed by atoms with Crippen molar-refractivity contribution in [3.63, 3.8) is 0 Å². The fourth-order valence-electron chi connectivity index (χ4n) is 3.97. The molecule has 2 aromatic carbocycles. The molecule has 0 bridgehead atoms. The summed E-state index contributed by atoms with van der Waals surface area (Å²) in [4.78, 5) is 12.9. The summed E-state index contributed by atoms with van der Waals surface area (Å²) in [6, 6.07) is 10.8. The molecule has 0 radical (unpaired) electrons. The Morgan fingerprint density at radius 1 is 1.19 bits per heavy atom. The second-order valence-electron chi connectivity index (χ2n) is 8.28. The number of benzene rings is 2. The fraction of sp³-hybridized carbons (Fsp3) is 0.435. The third-order valence-electron chi connectivity index (χ3n) is 5.76. The number of halogens is 2. The van der Waals surface area contributed by atoms with E-state index < -0.39 is 10.0 Å². The van der Waals surface area contributed by atoms with Gasteiger partial charge >= 0.3 is 0 Å². The highest BCUT2D eigenvalue weighted by Gasteiger charge is 2.33. The van der Waals surface area contributed by atoms with Crippen LogP contribution in [0.25, 0.3) is 0 Å². The Labute approximate surface area is 194 Å². The third kappa shape index (κ3) is 6.01. The highest BCUT2D eigenvalue weighted by atomic mass is 35.5. The molecule has 0 saturated carbocycles. The molecule has 1 amide bonds. The van der Waals surface area contributed by atoms with E-state index in [2.05, 4.69) is 11.4 Å².